The van der Waals surface area contributed by atoms with Gasteiger partial charge < -0.3 is 10.1 Å². The molecule has 6 nitrogen and oxygen atoms in total. The van der Waals surface area contributed by atoms with Gasteiger partial charge in [-0.2, -0.15) is 0 Å². The number of imide groups is 1. The van der Waals surface area contributed by atoms with Crippen molar-refractivity contribution in [1.29, 1.82) is 0 Å². The van der Waals surface area contributed by atoms with Crippen molar-refractivity contribution in [3.05, 3.63) is 69.3 Å². The molecule has 1 N–H and O–H groups in total. The lowest BCUT2D eigenvalue weighted by atomic mass is 10.2. The van der Waals surface area contributed by atoms with Gasteiger partial charge in [0.1, 0.15) is 10.7 Å². The number of amides is 2. The topological polar surface area (TPSA) is 75.7 Å². The number of carbonyl (C=O) groups excluding carboxylic acids is 3. The highest BCUT2D eigenvalue weighted by molar-refractivity contribution is 9.10. The van der Waals surface area contributed by atoms with Crippen molar-refractivity contribution < 1.29 is 19.1 Å². The maximum Gasteiger partial charge on any atom is 0.338 e. The molecule has 2 aromatic rings. The Bertz CT molecular complexity index is 988. The van der Waals surface area contributed by atoms with Gasteiger partial charge in [-0.15, -0.1) is 0 Å². The highest BCUT2D eigenvalue weighted by Gasteiger charge is 2.38. The molecule has 0 atom stereocenters. The fourth-order valence-electron chi connectivity index (χ4n) is 2.70. The minimum absolute atomic E-state index is 0.0453. The summed E-state index contributed by atoms with van der Waals surface area (Å²) in [4.78, 5) is 38.5. The predicted octanol–water partition coefficient (Wildman–Crippen LogP) is 4.84. The first-order valence-corrected chi connectivity index (χ1v) is 10.2. The van der Waals surface area contributed by atoms with Crippen LogP contribution in [0.1, 0.15) is 30.1 Å². The minimum Gasteiger partial charge on any atom is -0.462 e. The van der Waals surface area contributed by atoms with Gasteiger partial charge in [-0.1, -0.05) is 46.9 Å². The van der Waals surface area contributed by atoms with Gasteiger partial charge in [-0.05, 0) is 48.9 Å². The van der Waals surface area contributed by atoms with Crippen molar-refractivity contribution in [2.75, 3.05) is 16.8 Å². The quantitative estimate of drug-likeness (QED) is 0.351. The molecule has 0 fully saturated rings. The zero-order valence-electron chi connectivity index (χ0n) is 15.6. The summed E-state index contributed by atoms with van der Waals surface area (Å²) in [5.74, 6) is -1.64. The number of esters is 1. The number of anilines is 2. The van der Waals surface area contributed by atoms with E-state index in [0.717, 1.165) is 22.2 Å². The van der Waals surface area contributed by atoms with Crippen LogP contribution in [0.25, 0.3) is 0 Å². The Hall–Kier alpha value is -2.64. The van der Waals surface area contributed by atoms with E-state index in [9.17, 15) is 14.4 Å². The SMILES string of the molecule is CCCCOC(=O)c1cccc(NC2=C(Cl)C(=O)N(c3ccc(Br)cc3)C2=O)c1. The Kier molecular flexibility index (Phi) is 6.71. The van der Waals surface area contributed by atoms with Gasteiger partial charge in [0.25, 0.3) is 11.8 Å². The van der Waals surface area contributed by atoms with Crippen molar-refractivity contribution in [3.63, 3.8) is 0 Å². The van der Waals surface area contributed by atoms with Crippen LogP contribution in [0, 0.1) is 0 Å². The van der Waals surface area contributed by atoms with Crippen molar-refractivity contribution in [3.8, 4) is 0 Å². The minimum atomic E-state index is -0.614. The fraction of sp³-hybridized carbons (Fsp3) is 0.190. The van der Waals surface area contributed by atoms with Gasteiger partial charge in [0.2, 0.25) is 0 Å². The van der Waals surface area contributed by atoms with Crippen LogP contribution in [0.5, 0.6) is 0 Å². The van der Waals surface area contributed by atoms with E-state index in [2.05, 4.69) is 21.2 Å². The largest absolute Gasteiger partial charge is 0.462 e. The molecule has 0 unspecified atom stereocenters. The zero-order valence-corrected chi connectivity index (χ0v) is 17.9. The molecule has 8 heteroatoms. The Labute approximate surface area is 181 Å². The summed E-state index contributed by atoms with van der Waals surface area (Å²) in [5, 5.41) is 2.65. The number of halogens is 2. The first kappa shape index (κ1) is 21.1. The molecule has 0 bridgehead atoms. The Morgan fingerprint density at radius 2 is 1.86 bits per heavy atom. The van der Waals surface area contributed by atoms with Gasteiger partial charge in [0.15, 0.2) is 0 Å². The summed E-state index contributed by atoms with van der Waals surface area (Å²) < 4.78 is 6.02. The molecule has 1 aliphatic heterocycles. The second kappa shape index (κ2) is 9.24. The Morgan fingerprint density at radius 1 is 1.14 bits per heavy atom. The molecular weight excluding hydrogens is 460 g/mol. The molecule has 2 aromatic carbocycles. The maximum absolute atomic E-state index is 12.8. The summed E-state index contributed by atoms with van der Waals surface area (Å²) in [6.07, 6.45) is 1.71. The van der Waals surface area contributed by atoms with Gasteiger partial charge in [-0.3, -0.25) is 9.59 Å². The summed E-state index contributed by atoms with van der Waals surface area (Å²) in [6, 6.07) is 13.2. The van der Waals surface area contributed by atoms with Crippen molar-refractivity contribution in [2.45, 2.75) is 19.8 Å². The molecule has 0 saturated carbocycles. The third-order valence-electron chi connectivity index (χ3n) is 4.21. The smallest absolute Gasteiger partial charge is 0.338 e. The average Bonchev–Trinajstić information content (AvgIpc) is 2.92. The lowest BCUT2D eigenvalue weighted by molar-refractivity contribution is -0.120. The van der Waals surface area contributed by atoms with Crippen molar-refractivity contribution in [1.82, 2.24) is 0 Å². The second-order valence-electron chi connectivity index (χ2n) is 6.31. The monoisotopic (exact) mass is 476 g/mol. The van der Waals surface area contributed by atoms with Crippen LogP contribution in [0.2, 0.25) is 0 Å². The molecule has 0 aromatic heterocycles. The van der Waals surface area contributed by atoms with Crippen LogP contribution < -0.4 is 10.2 Å². The van der Waals surface area contributed by atoms with E-state index >= 15 is 0 Å². The third-order valence-corrected chi connectivity index (χ3v) is 5.09. The summed E-state index contributed by atoms with van der Waals surface area (Å²) >= 11 is 9.46. The molecule has 1 heterocycles. The number of nitrogens with zero attached hydrogens (tertiary/aromatic N) is 1. The van der Waals surface area contributed by atoms with Crippen LogP contribution >= 0.6 is 27.5 Å². The van der Waals surface area contributed by atoms with Gasteiger partial charge >= 0.3 is 5.97 Å². The molecule has 0 radical (unpaired) electrons. The van der Waals surface area contributed by atoms with Crippen LogP contribution in [-0.2, 0) is 14.3 Å². The van der Waals surface area contributed by atoms with Gasteiger partial charge in [0.05, 0.1) is 17.9 Å². The van der Waals surface area contributed by atoms with Gasteiger partial charge in [-0.25, -0.2) is 9.69 Å². The normalized spacial score (nSPS) is 13.8. The van der Waals surface area contributed by atoms with Crippen molar-refractivity contribution >= 4 is 56.7 Å². The number of unbranched alkanes of at least 4 members (excludes halogenated alkanes) is 1. The van der Waals surface area contributed by atoms with Crippen molar-refractivity contribution in [2.24, 2.45) is 0 Å². The fourth-order valence-corrected chi connectivity index (χ4v) is 3.17. The lowest BCUT2D eigenvalue weighted by Gasteiger charge is -2.15. The molecular formula is C21H18BrClN2O4. The summed E-state index contributed by atoms with van der Waals surface area (Å²) in [7, 11) is 0. The summed E-state index contributed by atoms with van der Waals surface area (Å²) in [5.41, 5.74) is 1.15. The standard InChI is InChI=1S/C21H18BrClN2O4/c1-2-3-11-29-21(28)13-5-4-6-15(12-13)24-18-17(23)19(26)25(20(18)27)16-9-7-14(22)8-10-16/h4-10,12,24H,2-3,11H2,1H3. The van der Waals surface area contributed by atoms with E-state index in [1.165, 1.54) is 0 Å². The van der Waals surface area contributed by atoms with Gasteiger partial charge in [0, 0.05) is 10.2 Å². The molecule has 150 valence electrons. The molecule has 2 amide bonds. The van der Waals surface area contributed by atoms with Crippen LogP contribution in [-0.4, -0.2) is 24.4 Å². The molecule has 0 aliphatic carbocycles. The van der Waals surface area contributed by atoms with E-state index in [1.807, 2.05) is 6.92 Å². The number of hydrogen-bond acceptors (Lipinski definition) is 5. The first-order chi connectivity index (χ1) is 13.9. The number of benzene rings is 2. The lowest BCUT2D eigenvalue weighted by Crippen LogP contribution is -2.32. The van der Waals surface area contributed by atoms with Crippen LogP contribution in [0.4, 0.5) is 11.4 Å². The second-order valence-corrected chi connectivity index (χ2v) is 7.60. The first-order valence-electron chi connectivity index (χ1n) is 9.00. The molecule has 0 spiro atoms. The number of carbonyl (C=O) groups is 3. The molecule has 29 heavy (non-hydrogen) atoms. The van der Waals surface area contributed by atoms with E-state index < -0.39 is 17.8 Å². The Balaban J connectivity index is 1.78. The highest BCUT2D eigenvalue weighted by atomic mass is 79.9. The number of nitrogens with one attached hydrogen (secondary N) is 1. The van der Waals surface area contributed by atoms with E-state index in [0.29, 0.717) is 23.5 Å². The summed E-state index contributed by atoms with van der Waals surface area (Å²) in [6.45, 7) is 2.35. The maximum atomic E-state index is 12.8. The third kappa shape index (κ3) is 4.68. The highest BCUT2D eigenvalue weighted by Crippen LogP contribution is 2.31. The molecule has 1 aliphatic rings. The predicted molar refractivity (Wildman–Crippen MR) is 115 cm³/mol. The number of rotatable bonds is 7. The molecule has 3 rings (SSSR count). The van der Waals surface area contributed by atoms with Crippen LogP contribution in [0.15, 0.2) is 63.7 Å². The van der Waals surface area contributed by atoms with E-state index in [-0.39, 0.29) is 10.7 Å². The molecule has 0 saturated heterocycles. The number of ether oxygens (including phenoxy) is 1. The van der Waals surface area contributed by atoms with E-state index in [4.69, 9.17) is 16.3 Å². The zero-order chi connectivity index (χ0) is 21.0. The Morgan fingerprint density at radius 3 is 2.55 bits per heavy atom. The number of hydrogen-bond donors (Lipinski definition) is 1. The average molecular weight is 478 g/mol. The van der Waals surface area contributed by atoms with Crippen LogP contribution in [0.3, 0.4) is 0 Å². The van der Waals surface area contributed by atoms with E-state index in [1.54, 1.807) is 48.5 Å².